The van der Waals surface area contributed by atoms with Crippen molar-refractivity contribution in [2.45, 2.75) is 6.92 Å². The number of rotatable bonds is 3. The van der Waals surface area contributed by atoms with Crippen LogP contribution < -0.4 is 5.56 Å². The summed E-state index contributed by atoms with van der Waals surface area (Å²) in [6.07, 6.45) is 2.67. The van der Waals surface area contributed by atoms with Gasteiger partial charge in [-0.1, -0.05) is 0 Å². The summed E-state index contributed by atoms with van der Waals surface area (Å²) in [5, 5.41) is 4.19. The van der Waals surface area contributed by atoms with Crippen LogP contribution in [0.1, 0.15) is 17.3 Å². The largest absolute Gasteiger partial charge is 0.462 e. The highest BCUT2D eigenvalue weighted by molar-refractivity contribution is 9.10. The molecule has 1 aromatic carbocycles. The first-order chi connectivity index (χ1) is 11.0. The fraction of sp³-hybridized carbons (Fsp3) is 0.143. The number of ether oxygens (including phenoxy) is 1. The quantitative estimate of drug-likeness (QED) is 0.703. The number of nitrogens with one attached hydrogen (secondary N) is 1. The molecule has 0 bridgehead atoms. The summed E-state index contributed by atoms with van der Waals surface area (Å²) in [4.78, 5) is 30.4. The van der Waals surface area contributed by atoms with E-state index in [1.54, 1.807) is 6.92 Å². The van der Waals surface area contributed by atoms with Crippen molar-refractivity contribution in [3.63, 3.8) is 0 Å². The second-order valence-corrected chi connectivity index (χ2v) is 5.42. The SMILES string of the molecule is CCOC(=O)c1cnn(-c2nc3cc(F)c(Br)cc3c(=O)[nH]2)c1. The van der Waals surface area contributed by atoms with E-state index in [2.05, 4.69) is 31.0 Å². The van der Waals surface area contributed by atoms with Crippen LogP contribution in [0.15, 0.2) is 33.8 Å². The number of carbonyl (C=O) groups excluding carboxylic acids is 1. The van der Waals surface area contributed by atoms with Crippen LogP contribution in [0.2, 0.25) is 0 Å². The Morgan fingerprint density at radius 2 is 2.26 bits per heavy atom. The molecule has 3 aromatic rings. The van der Waals surface area contributed by atoms with Gasteiger partial charge in [-0.2, -0.15) is 5.10 Å². The zero-order valence-corrected chi connectivity index (χ0v) is 13.4. The molecule has 0 aliphatic carbocycles. The van der Waals surface area contributed by atoms with Crippen molar-refractivity contribution in [1.29, 1.82) is 0 Å². The van der Waals surface area contributed by atoms with Gasteiger partial charge in [0.15, 0.2) is 0 Å². The van der Waals surface area contributed by atoms with E-state index in [4.69, 9.17) is 4.74 Å². The molecule has 9 heteroatoms. The Balaban J connectivity index is 2.09. The lowest BCUT2D eigenvalue weighted by Crippen LogP contribution is -2.14. The summed E-state index contributed by atoms with van der Waals surface area (Å²) >= 11 is 3.02. The number of esters is 1. The van der Waals surface area contributed by atoms with E-state index in [1.807, 2.05) is 0 Å². The third kappa shape index (κ3) is 2.87. The minimum absolute atomic E-state index is 0.0692. The number of fused-ring (bicyclic) bond motifs is 1. The molecule has 118 valence electrons. The predicted molar refractivity (Wildman–Crippen MR) is 83.1 cm³/mol. The first kappa shape index (κ1) is 15.3. The van der Waals surface area contributed by atoms with Gasteiger partial charge in [0.05, 0.1) is 33.7 Å². The van der Waals surface area contributed by atoms with Crippen molar-refractivity contribution in [2.75, 3.05) is 6.61 Å². The Bertz CT molecular complexity index is 966. The van der Waals surface area contributed by atoms with E-state index < -0.39 is 17.3 Å². The molecule has 0 aliphatic heterocycles. The van der Waals surface area contributed by atoms with Gasteiger partial charge in [0.1, 0.15) is 5.82 Å². The van der Waals surface area contributed by atoms with Gasteiger partial charge in [-0.15, -0.1) is 0 Å². The number of H-pyrrole nitrogens is 1. The van der Waals surface area contributed by atoms with Crippen LogP contribution in [0.3, 0.4) is 0 Å². The molecule has 0 aliphatic rings. The number of aromatic amines is 1. The number of aromatic nitrogens is 4. The molecule has 0 fully saturated rings. The monoisotopic (exact) mass is 380 g/mol. The van der Waals surface area contributed by atoms with Gasteiger partial charge in [0.2, 0.25) is 5.95 Å². The van der Waals surface area contributed by atoms with Gasteiger partial charge in [-0.25, -0.2) is 18.9 Å². The minimum Gasteiger partial charge on any atom is -0.462 e. The molecule has 2 aromatic heterocycles. The van der Waals surface area contributed by atoms with Crippen molar-refractivity contribution in [3.8, 4) is 5.95 Å². The van der Waals surface area contributed by atoms with Crippen molar-refractivity contribution in [1.82, 2.24) is 19.7 Å². The number of hydrogen-bond donors (Lipinski definition) is 1. The van der Waals surface area contributed by atoms with Gasteiger partial charge in [0, 0.05) is 12.3 Å². The summed E-state index contributed by atoms with van der Waals surface area (Å²) in [5.41, 5.74) is -0.0481. The molecule has 23 heavy (non-hydrogen) atoms. The van der Waals surface area contributed by atoms with Gasteiger partial charge in [0.25, 0.3) is 5.56 Å². The first-order valence-corrected chi connectivity index (χ1v) is 7.40. The number of nitrogens with zero attached hydrogens (tertiary/aromatic N) is 3. The van der Waals surface area contributed by atoms with Gasteiger partial charge in [-0.05, 0) is 28.9 Å². The molecule has 0 saturated carbocycles. The summed E-state index contributed by atoms with van der Waals surface area (Å²) in [7, 11) is 0. The normalized spacial score (nSPS) is 10.9. The van der Waals surface area contributed by atoms with E-state index >= 15 is 0 Å². The van der Waals surface area contributed by atoms with Crippen molar-refractivity contribution >= 4 is 32.8 Å². The smallest absolute Gasteiger partial charge is 0.341 e. The van der Waals surface area contributed by atoms with Crippen LogP contribution in [0.25, 0.3) is 16.9 Å². The average Bonchev–Trinajstić information content (AvgIpc) is 2.99. The molecular formula is C14H10BrFN4O3. The van der Waals surface area contributed by atoms with Crippen LogP contribution in [-0.2, 0) is 4.74 Å². The Morgan fingerprint density at radius 1 is 1.48 bits per heavy atom. The maximum atomic E-state index is 13.6. The number of halogens is 2. The Labute approximate surface area is 137 Å². The van der Waals surface area contributed by atoms with E-state index in [9.17, 15) is 14.0 Å². The lowest BCUT2D eigenvalue weighted by atomic mass is 10.2. The first-order valence-electron chi connectivity index (χ1n) is 6.61. The molecule has 7 nitrogen and oxygen atoms in total. The topological polar surface area (TPSA) is 89.9 Å². The van der Waals surface area contributed by atoms with E-state index in [1.165, 1.54) is 23.1 Å². The summed E-state index contributed by atoms with van der Waals surface area (Å²) in [5.74, 6) is -0.995. The standard InChI is InChI=1S/C14H10BrFN4O3/c1-2-23-13(22)7-5-17-20(6-7)14-18-11-4-10(16)9(15)3-8(11)12(21)19-14/h3-6H,2H2,1H3,(H,18,19,21). The zero-order valence-electron chi connectivity index (χ0n) is 11.8. The van der Waals surface area contributed by atoms with Crippen LogP contribution in [0, 0.1) is 5.82 Å². The average molecular weight is 381 g/mol. The molecule has 0 saturated heterocycles. The fourth-order valence-corrected chi connectivity index (χ4v) is 2.33. The molecule has 0 spiro atoms. The zero-order chi connectivity index (χ0) is 16.6. The third-order valence-electron chi connectivity index (χ3n) is 3.05. The summed E-state index contributed by atoms with van der Waals surface area (Å²) in [6.45, 7) is 1.93. The number of hydrogen-bond acceptors (Lipinski definition) is 5. The predicted octanol–water partition coefficient (Wildman–Crippen LogP) is 2.19. The maximum Gasteiger partial charge on any atom is 0.341 e. The maximum absolute atomic E-state index is 13.6. The molecule has 0 unspecified atom stereocenters. The van der Waals surface area contributed by atoms with Crippen LogP contribution in [0.5, 0.6) is 0 Å². The minimum atomic E-state index is -0.533. The highest BCUT2D eigenvalue weighted by Gasteiger charge is 2.13. The van der Waals surface area contributed by atoms with Crippen molar-refractivity contribution in [2.24, 2.45) is 0 Å². The third-order valence-corrected chi connectivity index (χ3v) is 3.65. The van der Waals surface area contributed by atoms with Crippen molar-refractivity contribution < 1.29 is 13.9 Å². The second kappa shape index (κ2) is 5.92. The molecule has 0 amide bonds. The summed E-state index contributed by atoms with van der Waals surface area (Å²) < 4.78 is 19.9. The molecule has 2 heterocycles. The molecule has 0 radical (unpaired) electrons. The van der Waals surface area contributed by atoms with E-state index in [-0.39, 0.29) is 33.5 Å². The lowest BCUT2D eigenvalue weighted by molar-refractivity contribution is 0.0526. The second-order valence-electron chi connectivity index (χ2n) is 4.57. The number of carbonyl (C=O) groups is 1. The van der Waals surface area contributed by atoms with E-state index in [0.29, 0.717) is 0 Å². The molecular weight excluding hydrogens is 371 g/mol. The van der Waals surface area contributed by atoms with Crippen LogP contribution in [0.4, 0.5) is 4.39 Å². The molecule has 1 N–H and O–H groups in total. The highest BCUT2D eigenvalue weighted by Crippen LogP contribution is 2.20. The Morgan fingerprint density at radius 3 is 3.00 bits per heavy atom. The van der Waals surface area contributed by atoms with E-state index in [0.717, 1.165) is 6.07 Å². The number of benzene rings is 1. The van der Waals surface area contributed by atoms with Crippen LogP contribution >= 0.6 is 15.9 Å². The van der Waals surface area contributed by atoms with Gasteiger partial charge < -0.3 is 4.74 Å². The van der Waals surface area contributed by atoms with Crippen molar-refractivity contribution in [3.05, 3.63) is 50.7 Å². The molecule has 0 atom stereocenters. The van der Waals surface area contributed by atoms with Gasteiger partial charge in [-0.3, -0.25) is 9.78 Å². The Kier molecular flexibility index (Phi) is 3.95. The molecule has 3 rings (SSSR count). The van der Waals surface area contributed by atoms with Gasteiger partial charge >= 0.3 is 5.97 Å². The highest BCUT2D eigenvalue weighted by atomic mass is 79.9. The van der Waals surface area contributed by atoms with Crippen LogP contribution in [-0.4, -0.2) is 32.3 Å². The lowest BCUT2D eigenvalue weighted by Gasteiger charge is -2.03. The Hall–Kier alpha value is -2.55. The fourth-order valence-electron chi connectivity index (χ4n) is 1.99. The summed E-state index contributed by atoms with van der Waals surface area (Å²) in [6, 6.07) is 2.50.